The van der Waals surface area contributed by atoms with Crippen LogP contribution in [0.15, 0.2) is 48.8 Å². The van der Waals surface area contributed by atoms with Crippen LogP contribution in [0.1, 0.15) is 13.3 Å². The molecular formula is C24H27FN6O2. The van der Waals surface area contributed by atoms with Gasteiger partial charge in [-0.05, 0) is 43.2 Å². The van der Waals surface area contributed by atoms with E-state index in [1.165, 1.54) is 0 Å². The Balaban J connectivity index is 1.42. The molecule has 9 heteroatoms. The number of aliphatic hydroxyl groups excluding tert-OH is 1. The Morgan fingerprint density at radius 3 is 2.97 bits per heavy atom. The number of hydrogen-bond acceptors (Lipinski definition) is 7. The summed E-state index contributed by atoms with van der Waals surface area (Å²) in [7, 11) is 1.57. The maximum atomic E-state index is 14.8. The second-order valence-corrected chi connectivity index (χ2v) is 8.54. The molecule has 8 nitrogen and oxygen atoms in total. The van der Waals surface area contributed by atoms with Crippen molar-refractivity contribution in [3.05, 3.63) is 48.8 Å². The van der Waals surface area contributed by atoms with Gasteiger partial charge in [0.05, 0.1) is 24.8 Å². The number of alkyl halides is 1. The molecule has 0 bridgehead atoms. The first-order valence-electron chi connectivity index (χ1n) is 11.1. The zero-order valence-corrected chi connectivity index (χ0v) is 18.6. The zero-order chi connectivity index (χ0) is 22.9. The van der Waals surface area contributed by atoms with Gasteiger partial charge >= 0.3 is 0 Å². The number of nitrogens with zero attached hydrogens (tertiary/aromatic N) is 5. The molecule has 0 spiro atoms. The maximum Gasteiger partial charge on any atom is 0.244 e. The number of methoxy groups -OCH3 is 1. The fraction of sp³-hybridized carbons (Fsp3) is 0.375. The number of pyridine rings is 1. The molecular weight excluding hydrogens is 423 g/mol. The highest BCUT2D eigenvalue weighted by Crippen LogP contribution is 2.33. The molecule has 0 radical (unpaired) electrons. The molecule has 1 fully saturated rings. The molecule has 0 saturated carbocycles. The lowest BCUT2D eigenvalue weighted by Gasteiger charge is -2.35. The van der Waals surface area contributed by atoms with Gasteiger partial charge in [-0.25, -0.2) is 8.91 Å². The van der Waals surface area contributed by atoms with Crippen molar-refractivity contribution < 1.29 is 14.2 Å². The van der Waals surface area contributed by atoms with Crippen LogP contribution in [0.3, 0.4) is 0 Å². The third kappa shape index (κ3) is 4.34. The second-order valence-electron chi connectivity index (χ2n) is 8.54. The number of anilines is 1. The summed E-state index contributed by atoms with van der Waals surface area (Å²) in [6.45, 7) is 3.16. The summed E-state index contributed by atoms with van der Waals surface area (Å²) in [5, 5.41) is 18.3. The van der Waals surface area contributed by atoms with Crippen LogP contribution < -0.4 is 10.1 Å². The van der Waals surface area contributed by atoms with Gasteiger partial charge < -0.3 is 15.2 Å². The number of β-amino-alcohol motifs (C(OH)–C–C–N with tert-alkyl or cyclic N) is 1. The molecule has 0 aliphatic carbocycles. The molecule has 0 amide bonds. The highest BCUT2D eigenvalue weighted by Gasteiger charge is 2.30. The van der Waals surface area contributed by atoms with E-state index in [1.54, 1.807) is 24.7 Å². The summed E-state index contributed by atoms with van der Waals surface area (Å²) in [5.41, 5.74) is 3.63. The van der Waals surface area contributed by atoms with Crippen LogP contribution in [0.2, 0.25) is 0 Å². The molecule has 3 aromatic heterocycles. The fourth-order valence-electron chi connectivity index (χ4n) is 4.51. The van der Waals surface area contributed by atoms with Crippen molar-refractivity contribution in [3.63, 3.8) is 0 Å². The van der Waals surface area contributed by atoms with Gasteiger partial charge in [-0.3, -0.25) is 9.88 Å². The van der Waals surface area contributed by atoms with Gasteiger partial charge in [0.25, 0.3) is 0 Å². The highest BCUT2D eigenvalue weighted by molar-refractivity contribution is 5.90. The first kappa shape index (κ1) is 21.5. The first-order valence-corrected chi connectivity index (χ1v) is 11.1. The minimum Gasteiger partial charge on any atom is -0.479 e. The summed E-state index contributed by atoms with van der Waals surface area (Å²) in [5.74, 6) is 0.738. The lowest BCUT2D eigenvalue weighted by atomic mass is 10.0. The summed E-state index contributed by atoms with van der Waals surface area (Å²) < 4.78 is 22.1. The number of hydrogen-bond donors (Lipinski definition) is 2. The van der Waals surface area contributed by atoms with Crippen LogP contribution >= 0.6 is 0 Å². The van der Waals surface area contributed by atoms with Crippen LogP contribution in [0.5, 0.6) is 5.88 Å². The predicted molar refractivity (Wildman–Crippen MR) is 125 cm³/mol. The number of rotatable bonds is 6. The molecule has 1 aliphatic rings. The maximum absolute atomic E-state index is 14.8. The van der Waals surface area contributed by atoms with Gasteiger partial charge in [0, 0.05) is 43.0 Å². The van der Waals surface area contributed by atoms with E-state index in [9.17, 15) is 9.50 Å². The number of nitrogens with one attached hydrogen (secondary N) is 1. The van der Waals surface area contributed by atoms with Crippen molar-refractivity contribution in [3.8, 4) is 17.0 Å². The summed E-state index contributed by atoms with van der Waals surface area (Å²) in [6, 6.07) is 11.6. The van der Waals surface area contributed by atoms with E-state index < -0.39 is 18.3 Å². The SMILES string of the molecule is COc1nc(NC2CCN(C[C@H](C)O)C[C@H]2F)nn2ccc(-c3ccc4ncccc4c3)c12. The number of benzene rings is 1. The number of likely N-dealkylation sites (tertiary alicyclic amines) is 1. The van der Waals surface area contributed by atoms with E-state index >= 15 is 0 Å². The quantitative estimate of drug-likeness (QED) is 0.467. The summed E-state index contributed by atoms with van der Waals surface area (Å²) >= 11 is 0. The van der Waals surface area contributed by atoms with Crippen molar-refractivity contribution in [2.75, 3.05) is 32.1 Å². The molecule has 2 N–H and O–H groups in total. The van der Waals surface area contributed by atoms with E-state index in [4.69, 9.17) is 4.74 Å². The standard InChI is InChI=1S/C24H27FN6O2/c1-15(32)13-30-10-8-21(19(25)14-30)27-24-28-23(33-2)22-18(7-11-31(22)29-24)16-5-6-20-17(12-16)4-3-9-26-20/h3-7,9,11-12,15,19,21,32H,8,10,13-14H2,1-2H3,(H,27,29)/t15-,19+,21?/m0/s1. The Morgan fingerprint density at radius 2 is 2.18 bits per heavy atom. The van der Waals surface area contributed by atoms with E-state index in [-0.39, 0.29) is 6.54 Å². The molecule has 4 aromatic rings. The lowest BCUT2D eigenvalue weighted by molar-refractivity contribution is 0.0758. The Morgan fingerprint density at radius 1 is 1.30 bits per heavy atom. The van der Waals surface area contributed by atoms with Crippen molar-refractivity contribution >= 4 is 22.4 Å². The van der Waals surface area contributed by atoms with E-state index in [0.717, 1.165) is 27.5 Å². The molecule has 3 atom stereocenters. The average molecular weight is 451 g/mol. The smallest absolute Gasteiger partial charge is 0.244 e. The summed E-state index contributed by atoms with van der Waals surface area (Å²) in [4.78, 5) is 10.9. The minimum atomic E-state index is -1.09. The zero-order valence-electron chi connectivity index (χ0n) is 18.6. The topological polar surface area (TPSA) is 87.8 Å². The Labute approximate surface area is 191 Å². The molecule has 4 heterocycles. The number of aliphatic hydroxyl groups is 1. The monoisotopic (exact) mass is 450 g/mol. The van der Waals surface area contributed by atoms with E-state index in [0.29, 0.717) is 31.3 Å². The Hall–Kier alpha value is -3.30. The molecule has 5 rings (SSSR count). The molecule has 1 aromatic carbocycles. The van der Waals surface area contributed by atoms with Crippen molar-refractivity contribution in [1.82, 2.24) is 24.5 Å². The van der Waals surface area contributed by atoms with E-state index in [1.807, 2.05) is 41.4 Å². The van der Waals surface area contributed by atoms with Crippen molar-refractivity contribution in [2.24, 2.45) is 0 Å². The van der Waals surface area contributed by atoms with Gasteiger partial charge in [0.15, 0.2) is 0 Å². The van der Waals surface area contributed by atoms with Crippen molar-refractivity contribution in [2.45, 2.75) is 31.7 Å². The van der Waals surface area contributed by atoms with Gasteiger partial charge in [-0.15, -0.1) is 5.10 Å². The third-order valence-corrected chi connectivity index (χ3v) is 6.05. The first-order chi connectivity index (χ1) is 16.0. The number of halogens is 1. The minimum absolute atomic E-state index is 0.270. The van der Waals surface area contributed by atoms with Crippen molar-refractivity contribution in [1.29, 1.82) is 0 Å². The summed E-state index contributed by atoms with van der Waals surface area (Å²) in [6.07, 6.45) is 2.67. The highest BCUT2D eigenvalue weighted by atomic mass is 19.1. The molecule has 1 saturated heterocycles. The second kappa shape index (κ2) is 8.92. The van der Waals surface area contributed by atoms with Crippen LogP contribution in [0.4, 0.5) is 10.3 Å². The largest absolute Gasteiger partial charge is 0.479 e. The van der Waals surface area contributed by atoms with Gasteiger partial charge in [-0.1, -0.05) is 12.1 Å². The van der Waals surface area contributed by atoms with Gasteiger partial charge in [-0.2, -0.15) is 4.98 Å². The van der Waals surface area contributed by atoms with Crippen LogP contribution in [-0.4, -0.2) is 74.7 Å². The Kier molecular flexibility index (Phi) is 5.82. The third-order valence-electron chi connectivity index (χ3n) is 6.05. The normalized spacial score (nSPS) is 20.2. The van der Waals surface area contributed by atoms with Gasteiger partial charge in [0.2, 0.25) is 11.8 Å². The number of aromatic nitrogens is 4. The molecule has 172 valence electrons. The van der Waals surface area contributed by atoms with Gasteiger partial charge in [0.1, 0.15) is 11.7 Å². The number of fused-ring (bicyclic) bond motifs is 2. The number of ether oxygens (including phenoxy) is 1. The number of piperidine rings is 1. The van der Waals surface area contributed by atoms with E-state index in [2.05, 4.69) is 26.4 Å². The molecule has 33 heavy (non-hydrogen) atoms. The lowest BCUT2D eigenvalue weighted by Crippen LogP contribution is -2.49. The average Bonchev–Trinajstić information content (AvgIpc) is 3.24. The van der Waals surface area contributed by atoms with Crippen LogP contribution in [0.25, 0.3) is 27.5 Å². The van der Waals surface area contributed by atoms with Crippen LogP contribution in [-0.2, 0) is 0 Å². The van der Waals surface area contributed by atoms with Crippen LogP contribution in [0, 0.1) is 0 Å². The Bertz CT molecular complexity index is 1280. The molecule has 1 unspecified atom stereocenters. The molecule has 1 aliphatic heterocycles. The predicted octanol–water partition coefficient (Wildman–Crippen LogP) is 3.16. The fourth-order valence-corrected chi connectivity index (χ4v) is 4.51.